The molecule has 2 aliphatic heterocycles. The Kier molecular flexibility index (Phi) is 7.57. The van der Waals surface area contributed by atoms with E-state index in [-0.39, 0.29) is 46.8 Å². The second-order valence-corrected chi connectivity index (χ2v) is 18.8. The van der Waals surface area contributed by atoms with Crippen LogP contribution >= 0.6 is 0 Å². The van der Waals surface area contributed by atoms with Gasteiger partial charge in [-0.3, -0.25) is 9.69 Å². The lowest BCUT2D eigenvalue weighted by Crippen LogP contribution is -2.59. The fourth-order valence-corrected chi connectivity index (χ4v) is 14.1. The largest absolute Gasteiger partial charge is 0.457 e. The van der Waals surface area contributed by atoms with Crippen molar-refractivity contribution in [2.75, 3.05) is 26.7 Å². The van der Waals surface area contributed by atoms with E-state index in [2.05, 4.69) is 53.5 Å². The van der Waals surface area contributed by atoms with Crippen LogP contribution in [0, 0.1) is 56.7 Å². The zero-order chi connectivity index (χ0) is 32.5. The number of morpholine rings is 1. The highest BCUT2D eigenvalue weighted by atomic mass is 16.7. The Morgan fingerprint density at radius 1 is 1.02 bits per heavy atom. The zero-order valence-corrected chi connectivity index (χ0v) is 30.0. The summed E-state index contributed by atoms with van der Waals surface area (Å²) in [4.78, 5) is 14.4. The van der Waals surface area contributed by atoms with Gasteiger partial charge in [-0.15, -0.1) is 0 Å². The molecule has 0 bridgehead atoms. The van der Waals surface area contributed by atoms with Crippen molar-refractivity contribution in [1.29, 1.82) is 0 Å². The monoisotopic (exact) mass is 629 g/mol. The van der Waals surface area contributed by atoms with Crippen molar-refractivity contribution in [2.24, 2.45) is 56.7 Å². The highest BCUT2D eigenvalue weighted by molar-refractivity contribution is 5.66. The maximum Gasteiger partial charge on any atom is 0.303 e. The number of nitrogens with zero attached hydrogens (tertiary/aromatic N) is 1. The summed E-state index contributed by atoms with van der Waals surface area (Å²) in [6.07, 6.45) is 9.19. The minimum atomic E-state index is -1.16. The maximum absolute atomic E-state index is 12.1. The standard InChI is InChI=1S/C38H63NO6/c1-22-19-25(32(34(6,7)41)43-24(3)40)44-31-23(2)36(9)27-12-11-26-33(4,5)28(45-29-20-39(10)17-18-42-29)13-14-37(26)21-38(27,37)16-15-35(36,8)30(22)31/h22-23,25-32,41H,11-21H2,1-10H3/t22-,23+,25-,26+,27+,28+,29+,30+,31-,32+,35-,36+,37?,38+/m1/s1. The average Bonchev–Trinajstić information content (AvgIpc) is 3.57. The van der Waals surface area contributed by atoms with Gasteiger partial charge in [-0.25, -0.2) is 0 Å². The fraction of sp³-hybridized carbons (Fsp3) is 0.974. The Hall–Kier alpha value is -0.730. The first-order chi connectivity index (χ1) is 20.9. The fourth-order valence-electron chi connectivity index (χ4n) is 14.1. The lowest BCUT2D eigenvalue weighted by atomic mass is 9.40. The predicted octanol–water partition coefficient (Wildman–Crippen LogP) is 6.45. The van der Waals surface area contributed by atoms with Gasteiger partial charge in [0, 0.05) is 20.0 Å². The molecular formula is C38H63NO6. The zero-order valence-electron chi connectivity index (χ0n) is 30.0. The third-order valence-corrected chi connectivity index (χ3v) is 16.2. The van der Waals surface area contributed by atoms with Crippen LogP contribution in [0.2, 0.25) is 0 Å². The van der Waals surface area contributed by atoms with Gasteiger partial charge in [0.05, 0.1) is 30.5 Å². The van der Waals surface area contributed by atoms with Crippen molar-refractivity contribution in [2.45, 2.75) is 150 Å². The van der Waals surface area contributed by atoms with E-state index in [1.807, 2.05) is 0 Å². The number of rotatable bonds is 5. The maximum atomic E-state index is 12.1. The van der Waals surface area contributed by atoms with E-state index in [1.165, 1.54) is 45.4 Å². The molecule has 7 heteroatoms. The van der Waals surface area contributed by atoms with E-state index in [1.54, 1.807) is 13.8 Å². The number of carbonyl (C=O) groups excluding carboxylic acids is 1. The summed E-state index contributed by atoms with van der Waals surface area (Å²) in [6, 6.07) is 0. The number of esters is 1. The molecule has 0 aromatic carbocycles. The molecule has 256 valence electrons. The molecule has 0 radical (unpaired) electrons. The number of carbonyl (C=O) groups is 1. The van der Waals surface area contributed by atoms with Gasteiger partial charge in [0.2, 0.25) is 0 Å². The van der Waals surface area contributed by atoms with Gasteiger partial charge in [0.25, 0.3) is 0 Å². The third-order valence-electron chi connectivity index (χ3n) is 16.2. The first kappa shape index (κ1) is 32.8. The molecule has 45 heavy (non-hydrogen) atoms. The number of aliphatic hydroxyl groups is 1. The molecule has 2 spiro atoms. The van der Waals surface area contributed by atoms with Gasteiger partial charge < -0.3 is 24.1 Å². The summed E-state index contributed by atoms with van der Waals surface area (Å²) in [7, 11) is 2.17. The Bertz CT molecular complexity index is 1180. The Morgan fingerprint density at radius 2 is 1.71 bits per heavy atom. The van der Waals surface area contributed by atoms with E-state index in [4.69, 9.17) is 18.9 Å². The molecule has 5 aliphatic carbocycles. The topological polar surface area (TPSA) is 77.5 Å². The molecule has 1 N–H and O–H groups in total. The van der Waals surface area contributed by atoms with E-state index in [0.717, 1.165) is 32.5 Å². The smallest absolute Gasteiger partial charge is 0.303 e. The highest BCUT2D eigenvalue weighted by Gasteiger charge is 2.84. The molecule has 2 heterocycles. The summed E-state index contributed by atoms with van der Waals surface area (Å²) in [5, 5.41) is 11.1. The SMILES string of the molecule is CC(=O)O[C@@H]([C@H]1C[C@@H](C)[C@H]2[C@H](O1)[C@H](C)[C@@]1(C)[C@@H]3CC[C@H]4C(C)(C)[C@@H](O[C@H]5CN(C)CCO5)CCC45C[C@@]35CC[C@]21C)C(C)(C)O. The normalized spacial score (nSPS) is 52.8. The van der Waals surface area contributed by atoms with Crippen molar-refractivity contribution >= 4 is 5.97 Å². The molecule has 1 unspecified atom stereocenters. The lowest BCUT2D eigenvalue weighted by molar-refractivity contribution is -0.246. The summed E-state index contributed by atoms with van der Waals surface area (Å²) in [5.74, 6) is 2.37. The van der Waals surface area contributed by atoms with Crippen molar-refractivity contribution in [3.8, 4) is 0 Å². The molecule has 7 rings (SSSR count). The Morgan fingerprint density at radius 3 is 2.38 bits per heavy atom. The van der Waals surface area contributed by atoms with Crippen molar-refractivity contribution < 1.29 is 28.8 Å². The van der Waals surface area contributed by atoms with Gasteiger partial charge in [0.15, 0.2) is 12.4 Å². The number of hydrogen-bond acceptors (Lipinski definition) is 7. The average molecular weight is 630 g/mol. The Balaban J connectivity index is 1.15. The van der Waals surface area contributed by atoms with Gasteiger partial charge in [-0.05, 0) is 129 Å². The number of likely N-dealkylation sites (N-methyl/N-ethyl adjacent to an activating group) is 1. The van der Waals surface area contributed by atoms with E-state index in [0.29, 0.717) is 40.4 Å². The quantitative estimate of drug-likeness (QED) is 0.350. The first-order valence-corrected chi connectivity index (χ1v) is 18.4. The molecule has 7 fully saturated rings. The van der Waals surface area contributed by atoms with Gasteiger partial charge in [-0.1, -0.05) is 41.5 Å². The summed E-state index contributed by atoms with van der Waals surface area (Å²) < 4.78 is 25.8. The molecular weight excluding hydrogens is 566 g/mol. The second kappa shape index (κ2) is 10.4. The van der Waals surface area contributed by atoms with Crippen LogP contribution in [0.4, 0.5) is 0 Å². The molecule has 7 nitrogen and oxygen atoms in total. The second-order valence-electron chi connectivity index (χ2n) is 18.8. The van der Waals surface area contributed by atoms with E-state index >= 15 is 0 Å². The molecule has 0 aromatic heterocycles. The number of ether oxygens (including phenoxy) is 4. The van der Waals surface area contributed by atoms with Crippen LogP contribution in [-0.2, 0) is 23.7 Å². The van der Waals surface area contributed by atoms with Crippen molar-refractivity contribution in [3.05, 3.63) is 0 Å². The number of hydrogen-bond donors (Lipinski definition) is 1. The highest BCUT2D eigenvalue weighted by Crippen LogP contribution is 2.90. The molecule has 5 saturated carbocycles. The van der Waals surface area contributed by atoms with Crippen LogP contribution in [0.25, 0.3) is 0 Å². The third kappa shape index (κ3) is 4.41. The van der Waals surface area contributed by atoms with E-state index in [9.17, 15) is 9.90 Å². The summed E-state index contributed by atoms with van der Waals surface area (Å²) >= 11 is 0. The minimum absolute atomic E-state index is 0.105. The minimum Gasteiger partial charge on any atom is -0.457 e. The first-order valence-electron chi connectivity index (χ1n) is 18.4. The predicted molar refractivity (Wildman–Crippen MR) is 173 cm³/mol. The van der Waals surface area contributed by atoms with Crippen LogP contribution in [0.15, 0.2) is 0 Å². The van der Waals surface area contributed by atoms with Crippen LogP contribution in [0.3, 0.4) is 0 Å². The lowest BCUT2D eigenvalue weighted by Gasteiger charge is -2.64. The Labute approximate surface area is 272 Å². The van der Waals surface area contributed by atoms with Crippen molar-refractivity contribution in [3.63, 3.8) is 0 Å². The summed E-state index contributed by atoms with van der Waals surface area (Å²) in [5.41, 5.74) is 0.240. The van der Waals surface area contributed by atoms with Crippen molar-refractivity contribution in [1.82, 2.24) is 4.90 Å². The van der Waals surface area contributed by atoms with Gasteiger partial charge in [-0.2, -0.15) is 0 Å². The molecule has 7 aliphatic rings. The molecule has 0 aromatic rings. The number of fused-ring (bicyclic) bond motifs is 4. The summed E-state index contributed by atoms with van der Waals surface area (Å²) in [6.45, 7) is 22.7. The van der Waals surface area contributed by atoms with Crippen LogP contribution in [0.1, 0.15) is 114 Å². The van der Waals surface area contributed by atoms with Crippen LogP contribution in [0.5, 0.6) is 0 Å². The molecule has 2 saturated heterocycles. The van der Waals surface area contributed by atoms with Gasteiger partial charge in [0.1, 0.15) is 0 Å². The van der Waals surface area contributed by atoms with E-state index < -0.39 is 11.7 Å². The van der Waals surface area contributed by atoms with Gasteiger partial charge >= 0.3 is 5.97 Å². The molecule has 14 atom stereocenters. The molecule has 0 amide bonds. The van der Waals surface area contributed by atoms with Crippen LogP contribution in [-0.4, -0.2) is 79.0 Å². The van der Waals surface area contributed by atoms with Crippen LogP contribution < -0.4 is 0 Å².